The molecule has 23 heavy (non-hydrogen) atoms. The maximum Gasteiger partial charge on any atom is 0.227 e. The predicted octanol–water partition coefficient (Wildman–Crippen LogP) is 1.67. The molecule has 4 unspecified atom stereocenters. The Kier molecular flexibility index (Phi) is 4.73. The summed E-state index contributed by atoms with van der Waals surface area (Å²) in [6.45, 7) is 6.18. The van der Waals surface area contributed by atoms with Gasteiger partial charge in [0.2, 0.25) is 5.91 Å². The fourth-order valence-corrected chi connectivity index (χ4v) is 4.94. The highest BCUT2D eigenvalue weighted by Gasteiger charge is 2.56. The van der Waals surface area contributed by atoms with E-state index in [-0.39, 0.29) is 35.0 Å². The van der Waals surface area contributed by atoms with Crippen LogP contribution in [0.15, 0.2) is 0 Å². The number of piperidine rings is 1. The maximum absolute atomic E-state index is 12.9. The summed E-state index contributed by atoms with van der Waals surface area (Å²) in [5.74, 6) is 0.186. The molecule has 1 heterocycles. The van der Waals surface area contributed by atoms with E-state index in [1.807, 2.05) is 18.7 Å². The van der Waals surface area contributed by atoms with Crippen LogP contribution in [-0.2, 0) is 9.53 Å². The first-order valence-electron chi connectivity index (χ1n) is 9.28. The third kappa shape index (κ3) is 2.92. The average molecular weight is 324 g/mol. The molecular formula is C18H32N2O3. The van der Waals surface area contributed by atoms with Crippen molar-refractivity contribution in [2.45, 2.75) is 76.5 Å². The Hall–Kier alpha value is -0.650. The van der Waals surface area contributed by atoms with Gasteiger partial charge in [0.1, 0.15) is 0 Å². The Morgan fingerprint density at radius 2 is 2.00 bits per heavy atom. The van der Waals surface area contributed by atoms with E-state index in [0.29, 0.717) is 6.61 Å². The smallest absolute Gasteiger partial charge is 0.227 e. The van der Waals surface area contributed by atoms with Crippen LogP contribution >= 0.6 is 0 Å². The maximum atomic E-state index is 12.9. The van der Waals surface area contributed by atoms with Crippen molar-refractivity contribution in [1.82, 2.24) is 4.90 Å². The minimum Gasteiger partial charge on any atom is -0.392 e. The van der Waals surface area contributed by atoms with Crippen molar-refractivity contribution in [2.24, 2.45) is 17.1 Å². The summed E-state index contributed by atoms with van der Waals surface area (Å²) >= 11 is 0. The number of hydrogen-bond acceptors (Lipinski definition) is 4. The molecule has 5 heteroatoms. The molecule has 5 nitrogen and oxygen atoms in total. The summed E-state index contributed by atoms with van der Waals surface area (Å²) in [5.41, 5.74) is 5.91. The molecule has 0 bridgehead atoms. The van der Waals surface area contributed by atoms with Crippen LogP contribution in [0.5, 0.6) is 0 Å². The first-order valence-corrected chi connectivity index (χ1v) is 9.28. The van der Waals surface area contributed by atoms with Gasteiger partial charge in [0.05, 0.1) is 18.1 Å². The van der Waals surface area contributed by atoms with Gasteiger partial charge in [0.25, 0.3) is 0 Å². The molecule has 132 valence electrons. The van der Waals surface area contributed by atoms with E-state index in [9.17, 15) is 9.90 Å². The van der Waals surface area contributed by atoms with E-state index < -0.39 is 0 Å². The zero-order chi connectivity index (χ0) is 16.7. The van der Waals surface area contributed by atoms with Crippen LogP contribution in [0.2, 0.25) is 0 Å². The summed E-state index contributed by atoms with van der Waals surface area (Å²) in [6, 6.07) is 0. The monoisotopic (exact) mass is 324 g/mol. The zero-order valence-corrected chi connectivity index (χ0v) is 14.6. The summed E-state index contributed by atoms with van der Waals surface area (Å²) in [5, 5.41) is 10.3. The molecule has 0 radical (unpaired) electrons. The topological polar surface area (TPSA) is 75.8 Å². The molecule has 1 aliphatic heterocycles. The zero-order valence-electron chi connectivity index (χ0n) is 14.6. The highest BCUT2D eigenvalue weighted by molar-refractivity contribution is 5.80. The van der Waals surface area contributed by atoms with E-state index in [4.69, 9.17) is 10.5 Å². The lowest BCUT2D eigenvalue weighted by Gasteiger charge is -2.57. The number of likely N-dealkylation sites (tertiary alicyclic amines) is 1. The molecule has 4 atom stereocenters. The Labute approximate surface area is 139 Å². The standard InChI is InChI=1S/C18H32N2O3/c1-3-23-15-12-14(21)18(15)8-10-20(11-9-18)16(22)13-6-4-5-7-17(13,2)19/h13-15,21H,3-12,19H2,1-2H3. The van der Waals surface area contributed by atoms with E-state index in [0.717, 1.165) is 58.0 Å². The summed E-state index contributed by atoms with van der Waals surface area (Å²) in [7, 11) is 0. The molecule has 0 aromatic heterocycles. The van der Waals surface area contributed by atoms with Crippen molar-refractivity contribution in [2.75, 3.05) is 19.7 Å². The summed E-state index contributed by atoms with van der Waals surface area (Å²) in [6.07, 6.45) is 6.40. The van der Waals surface area contributed by atoms with Gasteiger partial charge in [-0.3, -0.25) is 4.79 Å². The lowest BCUT2D eigenvalue weighted by Crippen LogP contribution is -2.63. The minimum atomic E-state index is -0.367. The molecule has 0 aromatic rings. The second-order valence-corrected chi connectivity index (χ2v) is 8.06. The van der Waals surface area contributed by atoms with Gasteiger partial charge in [-0.1, -0.05) is 12.8 Å². The van der Waals surface area contributed by atoms with Crippen molar-refractivity contribution < 1.29 is 14.6 Å². The number of carbonyl (C=O) groups excluding carboxylic acids is 1. The average Bonchev–Trinajstić information content (AvgIpc) is 2.54. The van der Waals surface area contributed by atoms with Gasteiger partial charge in [0, 0.05) is 37.1 Å². The van der Waals surface area contributed by atoms with E-state index in [1.165, 1.54) is 0 Å². The van der Waals surface area contributed by atoms with Crippen molar-refractivity contribution in [1.29, 1.82) is 0 Å². The molecule has 3 aliphatic rings. The molecule has 1 amide bonds. The second kappa shape index (κ2) is 6.34. The predicted molar refractivity (Wildman–Crippen MR) is 88.8 cm³/mol. The van der Waals surface area contributed by atoms with Gasteiger partial charge in [-0.25, -0.2) is 0 Å². The fraction of sp³-hybridized carbons (Fsp3) is 0.944. The van der Waals surface area contributed by atoms with Crippen molar-refractivity contribution in [3.05, 3.63) is 0 Å². The number of ether oxygens (including phenoxy) is 1. The number of aliphatic hydroxyl groups excluding tert-OH is 1. The Bertz CT molecular complexity index is 442. The minimum absolute atomic E-state index is 0.0423. The number of hydrogen-bond donors (Lipinski definition) is 2. The quantitative estimate of drug-likeness (QED) is 0.828. The van der Waals surface area contributed by atoms with Crippen molar-refractivity contribution in [3.63, 3.8) is 0 Å². The van der Waals surface area contributed by atoms with Gasteiger partial charge in [-0.15, -0.1) is 0 Å². The van der Waals surface area contributed by atoms with Crippen molar-refractivity contribution >= 4 is 5.91 Å². The van der Waals surface area contributed by atoms with Crippen LogP contribution in [0.4, 0.5) is 0 Å². The first-order chi connectivity index (χ1) is 10.9. The molecule has 3 fully saturated rings. The van der Waals surface area contributed by atoms with Gasteiger partial charge >= 0.3 is 0 Å². The third-order valence-corrected chi connectivity index (χ3v) is 6.67. The molecule has 3 N–H and O–H groups in total. The number of aliphatic hydroxyl groups is 1. The van der Waals surface area contributed by atoms with Crippen molar-refractivity contribution in [3.8, 4) is 0 Å². The number of carbonyl (C=O) groups is 1. The Morgan fingerprint density at radius 1 is 1.30 bits per heavy atom. The van der Waals surface area contributed by atoms with E-state index >= 15 is 0 Å². The summed E-state index contributed by atoms with van der Waals surface area (Å²) < 4.78 is 5.80. The van der Waals surface area contributed by atoms with Crippen LogP contribution in [0.25, 0.3) is 0 Å². The van der Waals surface area contributed by atoms with E-state index in [2.05, 4.69) is 0 Å². The number of rotatable bonds is 3. The molecule has 3 rings (SSSR count). The van der Waals surface area contributed by atoms with Gasteiger partial charge < -0.3 is 20.5 Å². The second-order valence-electron chi connectivity index (χ2n) is 8.06. The highest BCUT2D eigenvalue weighted by Crippen LogP contribution is 2.51. The van der Waals surface area contributed by atoms with Gasteiger partial charge in [-0.05, 0) is 39.5 Å². The molecule has 1 saturated heterocycles. The Morgan fingerprint density at radius 3 is 2.57 bits per heavy atom. The van der Waals surface area contributed by atoms with Crippen LogP contribution in [0.3, 0.4) is 0 Å². The summed E-state index contributed by atoms with van der Waals surface area (Å²) in [4.78, 5) is 14.9. The lowest BCUT2D eigenvalue weighted by atomic mass is 9.58. The SMILES string of the molecule is CCOC1CC(O)C12CCN(C(=O)C1CCCCC1(C)N)CC2. The Balaban J connectivity index is 1.61. The lowest BCUT2D eigenvalue weighted by molar-refractivity contribution is -0.210. The van der Waals surface area contributed by atoms with Crippen LogP contribution in [0, 0.1) is 11.3 Å². The normalized spacial score (nSPS) is 40.0. The molecular weight excluding hydrogens is 292 g/mol. The first kappa shape index (κ1) is 17.2. The molecule has 0 aromatic carbocycles. The molecule has 1 spiro atoms. The van der Waals surface area contributed by atoms with Crippen LogP contribution in [0.1, 0.15) is 58.8 Å². The number of nitrogens with zero attached hydrogens (tertiary/aromatic N) is 1. The van der Waals surface area contributed by atoms with E-state index in [1.54, 1.807) is 0 Å². The van der Waals surface area contributed by atoms with Gasteiger partial charge in [0.15, 0.2) is 0 Å². The largest absolute Gasteiger partial charge is 0.392 e. The third-order valence-electron chi connectivity index (χ3n) is 6.67. The number of amides is 1. The fourth-order valence-electron chi connectivity index (χ4n) is 4.94. The molecule has 2 saturated carbocycles. The van der Waals surface area contributed by atoms with Gasteiger partial charge in [-0.2, -0.15) is 0 Å². The highest BCUT2D eigenvalue weighted by atomic mass is 16.5. The van der Waals surface area contributed by atoms with Crippen LogP contribution in [-0.4, -0.2) is 53.4 Å². The number of nitrogens with two attached hydrogens (primary N) is 1. The molecule has 2 aliphatic carbocycles. The van der Waals surface area contributed by atoms with Crippen LogP contribution < -0.4 is 5.73 Å².